The first-order valence-corrected chi connectivity index (χ1v) is 13.1. The van der Waals surface area contributed by atoms with Gasteiger partial charge in [-0.25, -0.2) is 0 Å². The highest BCUT2D eigenvalue weighted by molar-refractivity contribution is 6.76. The van der Waals surface area contributed by atoms with E-state index in [1.165, 1.54) is 6.20 Å². The molecule has 1 aliphatic heterocycles. The first kappa shape index (κ1) is 21.7. The van der Waals surface area contributed by atoms with E-state index in [9.17, 15) is 13.2 Å². The van der Waals surface area contributed by atoms with Crippen LogP contribution in [0.15, 0.2) is 18.3 Å². The molecule has 0 N–H and O–H groups in total. The van der Waals surface area contributed by atoms with Gasteiger partial charge in [0.15, 0.2) is 5.82 Å². The summed E-state index contributed by atoms with van der Waals surface area (Å²) in [5, 5.41) is 7.20. The quantitative estimate of drug-likeness (QED) is 0.485. The number of pyridine rings is 1. The summed E-state index contributed by atoms with van der Waals surface area (Å²) in [4.78, 5) is 4.35. The Morgan fingerprint density at radius 1 is 1.24 bits per heavy atom. The van der Waals surface area contributed by atoms with Crippen molar-refractivity contribution in [1.29, 1.82) is 0 Å². The molecule has 0 radical (unpaired) electrons. The Hall–Kier alpha value is -2.04. The molecule has 0 atom stereocenters. The maximum Gasteiger partial charge on any atom is 0.451 e. The van der Waals surface area contributed by atoms with Crippen molar-refractivity contribution in [1.82, 2.24) is 19.7 Å². The van der Waals surface area contributed by atoms with Crippen molar-refractivity contribution in [3.8, 4) is 11.4 Å². The molecule has 0 unspecified atom stereocenters. The van der Waals surface area contributed by atoms with E-state index in [4.69, 9.17) is 9.47 Å². The minimum atomic E-state index is -4.63. The lowest BCUT2D eigenvalue weighted by molar-refractivity contribution is -0.149. The van der Waals surface area contributed by atoms with Gasteiger partial charge in [-0.1, -0.05) is 25.7 Å². The second kappa shape index (κ2) is 8.37. The van der Waals surface area contributed by atoms with Crippen LogP contribution in [0.2, 0.25) is 25.7 Å². The third kappa shape index (κ3) is 5.31. The molecule has 3 rings (SSSR count). The number of rotatable bonds is 7. The lowest BCUT2D eigenvalue weighted by Gasteiger charge is -2.17. The van der Waals surface area contributed by atoms with E-state index in [0.29, 0.717) is 25.4 Å². The summed E-state index contributed by atoms with van der Waals surface area (Å²) in [5.41, 5.74) is 3.03. The second-order valence-corrected chi connectivity index (χ2v) is 13.8. The highest BCUT2D eigenvalue weighted by Gasteiger charge is 2.38. The fourth-order valence-electron chi connectivity index (χ4n) is 2.94. The van der Waals surface area contributed by atoms with Gasteiger partial charge in [0.1, 0.15) is 6.73 Å². The Labute approximate surface area is 168 Å². The van der Waals surface area contributed by atoms with Crippen LogP contribution >= 0.6 is 0 Å². The fourth-order valence-corrected chi connectivity index (χ4v) is 3.69. The van der Waals surface area contributed by atoms with Gasteiger partial charge in [-0.2, -0.15) is 13.2 Å². The average Bonchev–Trinajstić information content (AvgIpc) is 3.28. The molecule has 3 heterocycles. The zero-order chi connectivity index (χ0) is 21.2. The number of ether oxygens (including phenoxy) is 2. The van der Waals surface area contributed by atoms with Crippen LogP contribution in [0, 0.1) is 6.92 Å². The summed E-state index contributed by atoms with van der Waals surface area (Å²) in [5.74, 6) is -0.996. The van der Waals surface area contributed by atoms with Gasteiger partial charge in [0.25, 0.3) is 0 Å². The topological polar surface area (TPSA) is 62.1 Å². The summed E-state index contributed by atoms with van der Waals surface area (Å²) >= 11 is 0. The van der Waals surface area contributed by atoms with Gasteiger partial charge >= 0.3 is 6.18 Å². The van der Waals surface area contributed by atoms with E-state index < -0.39 is 20.1 Å². The van der Waals surface area contributed by atoms with Crippen molar-refractivity contribution in [3.63, 3.8) is 0 Å². The standard InChI is InChI=1S/C19H25F3N4O2Si/c1-13-16(14-5-6-27-11-14)9-15(10-23-13)17-24-25-18(19(20,21)22)26(17)12-28-7-8-29(2,3)4/h5,9-10H,6-8,11-12H2,1-4H3. The predicted molar refractivity (Wildman–Crippen MR) is 106 cm³/mol. The van der Waals surface area contributed by atoms with Crippen molar-refractivity contribution < 1.29 is 22.6 Å². The third-order valence-corrected chi connectivity index (χ3v) is 6.32. The molecule has 0 aliphatic carbocycles. The van der Waals surface area contributed by atoms with E-state index in [1.807, 2.05) is 13.0 Å². The van der Waals surface area contributed by atoms with E-state index in [-0.39, 0.29) is 12.6 Å². The molecule has 6 nitrogen and oxygen atoms in total. The van der Waals surface area contributed by atoms with Gasteiger partial charge in [-0.05, 0) is 24.6 Å². The van der Waals surface area contributed by atoms with E-state index >= 15 is 0 Å². The van der Waals surface area contributed by atoms with E-state index in [0.717, 1.165) is 27.4 Å². The molecule has 0 aromatic carbocycles. The summed E-state index contributed by atoms with van der Waals surface area (Å²) in [6, 6.07) is 2.64. The van der Waals surface area contributed by atoms with Gasteiger partial charge in [0, 0.05) is 37.7 Å². The summed E-state index contributed by atoms with van der Waals surface area (Å²) in [6.07, 6.45) is -1.17. The van der Waals surface area contributed by atoms with Gasteiger partial charge in [-0.3, -0.25) is 9.55 Å². The molecular formula is C19H25F3N4O2Si. The number of aryl methyl sites for hydroxylation is 1. The van der Waals surface area contributed by atoms with Crippen molar-refractivity contribution in [2.24, 2.45) is 0 Å². The molecule has 0 bridgehead atoms. The molecule has 0 spiro atoms. The molecule has 0 saturated carbocycles. The number of halogens is 3. The molecule has 1 aliphatic rings. The first-order valence-electron chi connectivity index (χ1n) is 9.38. The molecule has 0 amide bonds. The Morgan fingerprint density at radius 3 is 2.62 bits per heavy atom. The maximum absolute atomic E-state index is 13.5. The molecule has 2 aromatic rings. The minimum Gasteiger partial charge on any atom is -0.373 e. The van der Waals surface area contributed by atoms with Gasteiger partial charge in [-0.15, -0.1) is 10.2 Å². The molecule has 158 valence electrons. The molecule has 29 heavy (non-hydrogen) atoms. The molecule has 0 fully saturated rings. The van der Waals surface area contributed by atoms with Crippen molar-refractivity contribution in [3.05, 3.63) is 35.4 Å². The van der Waals surface area contributed by atoms with Crippen molar-refractivity contribution >= 4 is 13.6 Å². The highest BCUT2D eigenvalue weighted by Crippen LogP contribution is 2.32. The number of hydrogen-bond acceptors (Lipinski definition) is 5. The first-order chi connectivity index (χ1) is 13.6. The zero-order valence-corrected chi connectivity index (χ0v) is 18.0. The Morgan fingerprint density at radius 2 is 2.00 bits per heavy atom. The summed E-state index contributed by atoms with van der Waals surface area (Å²) in [7, 11) is -1.35. The predicted octanol–water partition coefficient (Wildman–Crippen LogP) is 4.39. The largest absolute Gasteiger partial charge is 0.451 e. The molecule has 10 heteroatoms. The SMILES string of the molecule is Cc1ncc(-c2nnc(C(F)(F)F)n2COCC[Si](C)(C)C)cc1C1=CCOC1. The van der Waals surface area contributed by atoms with Crippen molar-refractivity contribution in [2.75, 3.05) is 19.8 Å². The maximum atomic E-state index is 13.5. The van der Waals surface area contributed by atoms with Crippen LogP contribution < -0.4 is 0 Å². The van der Waals surface area contributed by atoms with Crippen LogP contribution in [0.4, 0.5) is 13.2 Å². The smallest absolute Gasteiger partial charge is 0.373 e. The fraction of sp³-hybridized carbons (Fsp3) is 0.526. The lowest BCUT2D eigenvalue weighted by atomic mass is 10.0. The van der Waals surface area contributed by atoms with Gasteiger partial charge < -0.3 is 9.47 Å². The summed E-state index contributed by atoms with van der Waals surface area (Å²) in [6.45, 7) is 9.49. The van der Waals surface area contributed by atoms with Crippen LogP contribution in [0.1, 0.15) is 17.1 Å². The Kier molecular flexibility index (Phi) is 6.25. The highest BCUT2D eigenvalue weighted by atomic mass is 28.3. The van der Waals surface area contributed by atoms with Crippen LogP contribution in [-0.4, -0.2) is 47.6 Å². The molecular weight excluding hydrogens is 401 g/mol. The second-order valence-electron chi connectivity index (χ2n) is 8.22. The van der Waals surface area contributed by atoms with Crippen molar-refractivity contribution in [2.45, 2.75) is 45.5 Å². The Bertz CT molecular complexity index is 904. The van der Waals surface area contributed by atoms with E-state index in [2.05, 4.69) is 34.8 Å². The number of nitrogens with zero attached hydrogens (tertiary/aromatic N) is 4. The Balaban J connectivity index is 1.93. The normalized spacial score (nSPS) is 15.1. The summed E-state index contributed by atoms with van der Waals surface area (Å²) < 4.78 is 52.3. The number of alkyl halides is 3. The van der Waals surface area contributed by atoms with E-state index in [1.54, 1.807) is 6.07 Å². The lowest BCUT2D eigenvalue weighted by Crippen LogP contribution is -2.23. The number of aromatic nitrogens is 4. The average molecular weight is 427 g/mol. The van der Waals surface area contributed by atoms with Crippen LogP contribution in [0.5, 0.6) is 0 Å². The third-order valence-electron chi connectivity index (χ3n) is 4.62. The van der Waals surface area contributed by atoms with Crippen LogP contribution in [0.3, 0.4) is 0 Å². The van der Waals surface area contributed by atoms with Crippen LogP contribution in [0.25, 0.3) is 17.0 Å². The van der Waals surface area contributed by atoms with Crippen LogP contribution in [-0.2, 0) is 22.4 Å². The van der Waals surface area contributed by atoms with Gasteiger partial charge in [0.05, 0.1) is 13.2 Å². The molecule has 0 saturated heterocycles. The number of hydrogen-bond donors (Lipinski definition) is 0. The van der Waals surface area contributed by atoms with Gasteiger partial charge in [0.2, 0.25) is 5.82 Å². The minimum absolute atomic E-state index is 0.0820. The monoisotopic (exact) mass is 426 g/mol. The zero-order valence-electron chi connectivity index (χ0n) is 17.0. The molecule has 2 aromatic heterocycles.